The fourth-order valence-electron chi connectivity index (χ4n) is 2.16. The highest BCUT2D eigenvalue weighted by Gasteiger charge is 2.20. The van der Waals surface area contributed by atoms with Crippen LogP contribution in [0, 0.1) is 6.92 Å². The van der Waals surface area contributed by atoms with Crippen molar-refractivity contribution in [3.05, 3.63) is 30.0 Å². The largest absolute Gasteiger partial charge is 0.497 e. The van der Waals surface area contributed by atoms with Crippen molar-refractivity contribution in [1.29, 1.82) is 0 Å². The molecule has 0 spiro atoms. The molecule has 0 aliphatic carbocycles. The van der Waals surface area contributed by atoms with Gasteiger partial charge in [-0.1, -0.05) is 16.9 Å². The number of benzene rings is 1. The van der Waals surface area contributed by atoms with Gasteiger partial charge in [-0.2, -0.15) is 0 Å². The summed E-state index contributed by atoms with van der Waals surface area (Å²) in [6, 6.07) is 6.89. The van der Waals surface area contributed by atoms with E-state index in [9.17, 15) is 4.79 Å². The summed E-state index contributed by atoms with van der Waals surface area (Å²) in [5.41, 5.74) is 0.653. The Morgan fingerprint density at radius 2 is 1.85 bits per heavy atom. The number of methoxy groups -OCH3 is 2. The maximum absolute atomic E-state index is 12.2. The summed E-state index contributed by atoms with van der Waals surface area (Å²) in [4.78, 5) is 12.2. The molecule has 1 aromatic carbocycles. The number of thioether (sulfide) groups is 1. The van der Waals surface area contributed by atoms with Crippen molar-refractivity contribution >= 4 is 23.5 Å². The van der Waals surface area contributed by atoms with Gasteiger partial charge in [-0.25, -0.2) is 0 Å². The maximum atomic E-state index is 12.2. The summed E-state index contributed by atoms with van der Waals surface area (Å²) in [5, 5.41) is 14.2. The van der Waals surface area contributed by atoms with Gasteiger partial charge in [0.15, 0.2) is 5.82 Å². The summed E-state index contributed by atoms with van der Waals surface area (Å²) in [6.07, 6.45) is 0. The van der Waals surface area contributed by atoms with E-state index in [1.54, 1.807) is 52.3 Å². The molecule has 2 heterocycles. The molecular formula is C17H18N4O5S. The average molecular weight is 390 g/mol. The van der Waals surface area contributed by atoms with E-state index in [0.717, 1.165) is 11.8 Å². The smallest absolute Gasteiger partial charge is 0.277 e. The highest BCUT2D eigenvalue weighted by Crippen LogP contribution is 2.31. The first-order chi connectivity index (χ1) is 13.0. The Morgan fingerprint density at radius 3 is 2.44 bits per heavy atom. The van der Waals surface area contributed by atoms with E-state index in [-0.39, 0.29) is 11.1 Å². The number of carbonyl (C=O) groups excluding carboxylic acids is 1. The summed E-state index contributed by atoms with van der Waals surface area (Å²) in [6.45, 7) is 3.47. The van der Waals surface area contributed by atoms with Crippen molar-refractivity contribution in [2.24, 2.45) is 0 Å². The molecule has 0 unspecified atom stereocenters. The van der Waals surface area contributed by atoms with Crippen LogP contribution in [0.2, 0.25) is 0 Å². The molecule has 3 aromatic rings. The number of nitrogens with one attached hydrogen (secondary N) is 1. The summed E-state index contributed by atoms with van der Waals surface area (Å²) >= 11 is 1.14. The number of hydrogen-bond donors (Lipinski definition) is 1. The SMILES string of the molecule is COc1cc(OC)cc(-c2nnc(S[C@@H](C)C(=O)Nc3cc(C)on3)o2)c1. The zero-order chi connectivity index (χ0) is 19.4. The number of aromatic nitrogens is 3. The number of rotatable bonds is 7. The third kappa shape index (κ3) is 4.59. The van der Waals surface area contributed by atoms with Crippen LogP contribution in [0.4, 0.5) is 5.82 Å². The van der Waals surface area contributed by atoms with Crippen molar-refractivity contribution in [2.45, 2.75) is 24.3 Å². The first-order valence-electron chi connectivity index (χ1n) is 7.96. The summed E-state index contributed by atoms with van der Waals surface area (Å²) in [5.74, 6) is 2.23. The highest BCUT2D eigenvalue weighted by molar-refractivity contribution is 8.00. The third-order valence-corrected chi connectivity index (χ3v) is 4.47. The molecule has 0 fully saturated rings. The number of ether oxygens (including phenoxy) is 2. The Labute approximate surface area is 159 Å². The van der Waals surface area contributed by atoms with E-state index in [0.29, 0.717) is 34.5 Å². The van der Waals surface area contributed by atoms with Crippen LogP contribution >= 0.6 is 11.8 Å². The zero-order valence-electron chi connectivity index (χ0n) is 15.2. The predicted molar refractivity (Wildman–Crippen MR) is 98.0 cm³/mol. The van der Waals surface area contributed by atoms with Crippen LogP contribution in [0.15, 0.2) is 38.4 Å². The fraction of sp³-hybridized carbons (Fsp3) is 0.294. The maximum Gasteiger partial charge on any atom is 0.277 e. The van der Waals surface area contributed by atoms with Gasteiger partial charge < -0.3 is 23.7 Å². The quantitative estimate of drug-likeness (QED) is 0.608. The van der Waals surface area contributed by atoms with Crippen molar-refractivity contribution in [1.82, 2.24) is 15.4 Å². The molecule has 27 heavy (non-hydrogen) atoms. The van der Waals surface area contributed by atoms with Crippen molar-refractivity contribution < 1.29 is 23.2 Å². The number of anilines is 1. The van der Waals surface area contributed by atoms with Crippen LogP contribution in [0.5, 0.6) is 11.5 Å². The monoisotopic (exact) mass is 390 g/mol. The topological polar surface area (TPSA) is 113 Å². The van der Waals surface area contributed by atoms with Crippen LogP contribution in [-0.2, 0) is 4.79 Å². The molecule has 0 radical (unpaired) electrons. The minimum Gasteiger partial charge on any atom is -0.497 e. The van der Waals surface area contributed by atoms with E-state index >= 15 is 0 Å². The normalized spacial score (nSPS) is 11.9. The molecule has 1 atom stereocenters. The zero-order valence-corrected chi connectivity index (χ0v) is 16.0. The molecule has 0 bridgehead atoms. The lowest BCUT2D eigenvalue weighted by Crippen LogP contribution is -2.22. The Bertz CT molecular complexity index is 917. The van der Waals surface area contributed by atoms with Crippen LogP contribution in [0.25, 0.3) is 11.5 Å². The number of nitrogens with zero attached hydrogens (tertiary/aromatic N) is 3. The molecule has 2 aromatic heterocycles. The molecule has 0 saturated heterocycles. The Morgan fingerprint density at radius 1 is 1.15 bits per heavy atom. The molecular weight excluding hydrogens is 372 g/mol. The minimum atomic E-state index is -0.477. The Balaban J connectivity index is 1.69. The number of amides is 1. The van der Waals surface area contributed by atoms with Crippen LogP contribution in [-0.4, -0.2) is 40.7 Å². The van der Waals surface area contributed by atoms with Gasteiger partial charge in [0.1, 0.15) is 17.3 Å². The van der Waals surface area contributed by atoms with Crippen molar-refractivity contribution in [2.75, 3.05) is 19.5 Å². The van der Waals surface area contributed by atoms with Crippen molar-refractivity contribution in [3.63, 3.8) is 0 Å². The Hall–Kier alpha value is -3.01. The third-order valence-electron chi connectivity index (χ3n) is 3.53. The average Bonchev–Trinajstić information content (AvgIpc) is 3.30. The Kier molecular flexibility index (Phi) is 5.65. The molecule has 3 rings (SSSR count). The van der Waals surface area contributed by atoms with Crippen LogP contribution < -0.4 is 14.8 Å². The second kappa shape index (κ2) is 8.12. The van der Waals surface area contributed by atoms with Gasteiger partial charge in [-0.15, -0.1) is 10.2 Å². The second-order valence-electron chi connectivity index (χ2n) is 5.55. The lowest BCUT2D eigenvalue weighted by molar-refractivity contribution is -0.115. The van der Waals surface area contributed by atoms with E-state index in [4.69, 9.17) is 18.4 Å². The van der Waals surface area contributed by atoms with Gasteiger partial charge in [-0.05, 0) is 26.0 Å². The number of carbonyl (C=O) groups is 1. The number of hydrogen-bond acceptors (Lipinski definition) is 9. The first kappa shape index (κ1) is 18.8. The van der Waals surface area contributed by atoms with Gasteiger partial charge in [0.25, 0.3) is 5.22 Å². The molecule has 0 aliphatic heterocycles. The summed E-state index contributed by atoms with van der Waals surface area (Å²) in [7, 11) is 3.12. The molecule has 1 N–H and O–H groups in total. The molecule has 0 aliphatic rings. The highest BCUT2D eigenvalue weighted by atomic mass is 32.2. The standard InChI is InChI=1S/C17H18N4O5S/c1-9-5-14(21-26-9)18-15(22)10(2)27-17-20-19-16(25-17)11-6-12(23-3)8-13(7-11)24-4/h5-8,10H,1-4H3,(H,18,21,22)/t10-/m0/s1. The summed E-state index contributed by atoms with van der Waals surface area (Å²) < 4.78 is 21.1. The van der Waals surface area contributed by atoms with Crippen molar-refractivity contribution in [3.8, 4) is 23.0 Å². The molecule has 1 amide bonds. The van der Waals surface area contributed by atoms with Crippen LogP contribution in [0.1, 0.15) is 12.7 Å². The molecule has 10 heteroatoms. The molecule has 142 valence electrons. The van der Waals surface area contributed by atoms with Gasteiger partial charge in [0, 0.05) is 17.7 Å². The molecule has 0 saturated carbocycles. The van der Waals surface area contributed by atoms with E-state index < -0.39 is 5.25 Å². The minimum absolute atomic E-state index is 0.254. The molecule has 9 nitrogen and oxygen atoms in total. The van der Waals surface area contributed by atoms with E-state index in [1.807, 2.05) is 0 Å². The lowest BCUT2D eigenvalue weighted by atomic mass is 10.2. The van der Waals surface area contributed by atoms with Gasteiger partial charge in [0.05, 0.1) is 19.5 Å². The van der Waals surface area contributed by atoms with E-state index in [1.165, 1.54) is 0 Å². The van der Waals surface area contributed by atoms with Gasteiger partial charge in [0.2, 0.25) is 11.8 Å². The van der Waals surface area contributed by atoms with Gasteiger partial charge >= 0.3 is 0 Å². The lowest BCUT2D eigenvalue weighted by Gasteiger charge is -2.07. The predicted octanol–water partition coefficient (Wildman–Crippen LogP) is 3.17. The first-order valence-corrected chi connectivity index (χ1v) is 8.84. The van der Waals surface area contributed by atoms with Crippen LogP contribution in [0.3, 0.4) is 0 Å². The fourth-order valence-corrected chi connectivity index (χ4v) is 2.85. The number of aryl methyl sites for hydroxylation is 1. The van der Waals surface area contributed by atoms with E-state index in [2.05, 4.69) is 20.7 Å². The second-order valence-corrected chi connectivity index (χ2v) is 6.84. The van der Waals surface area contributed by atoms with Gasteiger partial charge in [-0.3, -0.25) is 4.79 Å².